The smallest absolute Gasteiger partial charge is 0.138 e. The molecule has 1 heterocycles. The molecule has 3 rings (SSSR count). The van der Waals surface area contributed by atoms with Crippen LogP contribution in [0.15, 0.2) is 42.6 Å². The Morgan fingerprint density at radius 1 is 0.957 bits per heavy atom. The molecule has 3 heteroatoms. The van der Waals surface area contributed by atoms with Crippen LogP contribution in [-0.2, 0) is 0 Å². The molecule has 0 atom stereocenters. The number of nitrogens with zero attached hydrogens (tertiary/aromatic N) is 1. The normalized spacial score (nSPS) is 11.0. The molecular formula is C20H21NO2. The summed E-state index contributed by atoms with van der Waals surface area (Å²) in [4.78, 5) is 4.67. The van der Waals surface area contributed by atoms with Crippen molar-refractivity contribution in [3.05, 3.63) is 59.3 Å². The van der Waals surface area contributed by atoms with Crippen molar-refractivity contribution >= 4 is 10.9 Å². The van der Waals surface area contributed by atoms with Crippen LogP contribution in [0.25, 0.3) is 22.0 Å². The maximum atomic E-state index is 9.18. The third-order valence-corrected chi connectivity index (χ3v) is 4.08. The van der Waals surface area contributed by atoms with Gasteiger partial charge in [-0.05, 0) is 37.5 Å². The number of aliphatic hydroxyl groups is 1. The molecule has 118 valence electrons. The maximum Gasteiger partial charge on any atom is 0.138 e. The predicted octanol–water partition coefficient (Wildman–Crippen LogP) is 4.20. The number of benzene rings is 2. The molecule has 0 aliphatic carbocycles. The molecule has 3 nitrogen and oxygen atoms in total. The molecule has 0 saturated heterocycles. The standard InChI is InChI=1S/C20H21NO2/c1-13-4-8-16(9-5-13)17-12-21-19-15(3)7-6-14(2)18(19)20(17)23-11-10-22/h4-9,12,22H,10-11H2,1-3H3. The van der Waals surface area contributed by atoms with E-state index in [1.807, 2.05) is 6.20 Å². The van der Waals surface area contributed by atoms with Gasteiger partial charge in [-0.1, -0.05) is 42.0 Å². The first kappa shape index (κ1) is 15.5. The van der Waals surface area contributed by atoms with Gasteiger partial charge in [0.2, 0.25) is 0 Å². The van der Waals surface area contributed by atoms with Crippen molar-refractivity contribution in [3.63, 3.8) is 0 Å². The van der Waals surface area contributed by atoms with E-state index in [2.05, 4.69) is 62.2 Å². The Morgan fingerprint density at radius 3 is 2.35 bits per heavy atom. The van der Waals surface area contributed by atoms with Crippen LogP contribution in [0.2, 0.25) is 0 Å². The van der Waals surface area contributed by atoms with Gasteiger partial charge in [0.05, 0.1) is 12.1 Å². The first-order valence-corrected chi connectivity index (χ1v) is 7.81. The van der Waals surface area contributed by atoms with Crippen molar-refractivity contribution in [3.8, 4) is 16.9 Å². The molecular weight excluding hydrogens is 286 g/mol. The third-order valence-electron chi connectivity index (χ3n) is 4.08. The van der Waals surface area contributed by atoms with Crippen LogP contribution >= 0.6 is 0 Å². The topological polar surface area (TPSA) is 42.4 Å². The van der Waals surface area contributed by atoms with Crippen molar-refractivity contribution in [1.82, 2.24) is 4.98 Å². The number of pyridine rings is 1. The lowest BCUT2D eigenvalue weighted by atomic mass is 9.98. The van der Waals surface area contributed by atoms with Gasteiger partial charge in [-0.2, -0.15) is 0 Å². The minimum atomic E-state index is -0.0119. The number of fused-ring (bicyclic) bond motifs is 1. The minimum Gasteiger partial charge on any atom is -0.490 e. The second-order valence-electron chi connectivity index (χ2n) is 5.86. The number of aryl methyl sites for hydroxylation is 3. The minimum absolute atomic E-state index is 0.0119. The van der Waals surface area contributed by atoms with Crippen LogP contribution in [0.4, 0.5) is 0 Å². The second-order valence-corrected chi connectivity index (χ2v) is 5.86. The van der Waals surface area contributed by atoms with E-state index < -0.39 is 0 Å². The van der Waals surface area contributed by atoms with E-state index in [0.717, 1.165) is 38.9 Å². The molecule has 0 aliphatic rings. The first-order valence-electron chi connectivity index (χ1n) is 7.81. The van der Waals surface area contributed by atoms with E-state index >= 15 is 0 Å². The molecule has 1 N–H and O–H groups in total. The summed E-state index contributed by atoms with van der Waals surface area (Å²) in [6, 6.07) is 12.5. The monoisotopic (exact) mass is 307 g/mol. The summed E-state index contributed by atoms with van der Waals surface area (Å²) in [5, 5.41) is 10.2. The van der Waals surface area contributed by atoms with Crippen LogP contribution in [0.5, 0.6) is 5.75 Å². The highest BCUT2D eigenvalue weighted by Gasteiger charge is 2.15. The Bertz CT molecular complexity index is 838. The first-order chi connectivity index (χ1) is 11.1. The average Bonchev–Trinajstić information content (AvgIpc) is 2.56. The Labute approximate surface area is 136 Å². The van der Waals surface area contributed by atoms with Crippen LogP contribution in [0.3, 0.4) is 0 Å². The summed E-state index contributed by atoms with van der Waals surface area (Å²) in [6.45, 7) is 6.44. The second kappa shape index (κ2) is 6.39. The van der Waals surface area contributed by atoms with Gasteiger partial charge in [0.25, 0.3) is 0 Å². The molecule has 0 spiro atoms. The summed E-state index contributed by atoms with van der Waals surface area (Å²) in [6.07, 6.45) is 1.87. The zero-order chi connectivity index (χ0) is 16.4. The van der Waals surface area contributed by atoms with Crippen LogP contribution in [0, 0.1) is 20.8 Å². The molecule has 1 aromatic heterocycles. The average molecular weight is 307 g/mol. The fourth-order valence-corrected chi connectivity index (χ4v) is 2.81. The van der Waals surface area contributed by atoms with Gasteiger partial charge in [-0.15, -0.1) is 0 Å². The van der Waals surface area contributed by atoms with Gasteiger partial charge >= 0.3 is 0 Å². The molecule has 0 amide bonds. The van der Waals surface area contributed by atoms with Gasteiger partial charge in [-0.3, -0.25) is 4.98 Å². The maximum absolute atomic E-state index is 9.18. The van der Waals surface area contributed by atoms with E-state index in [9.17, 15) is 5.11 Å². The largest absolute Gasteiger partial charge is 0.490 e. The quantitative estimate of drug-likeness (QED) is 0.785. The van der Waals surface area contributed by atoms with Gasteiger partial charge in [0.1, 0.15) is 12.4 Å². The highest BCUT2D eigenvalue weighted by atomic mass is 16.5. The number of rotatable bonds is 4. The molecule has 0 bridgehead atoms. The van der Waals surface area contributed by atoms with E-state index in [1.54, 1.807) is 0 Å². The summed E-state index contributed by atoms with van der Waals surface area (Å²) in [5.74, 6) is 0.800. The zero-order valence-electron chi connectivity index (χ0n) is 13.8. The number of hydrogen-bond acceptors (Lipinski definition) is 3. The number of hydrogen-bond donors (Lipinski definition) is 1. The summed E-state index contributed by atoms with van der Waals surface area (Å²) in [5.41, 5.74) is 6.44. The van der Waals surface area contributed by atoms with Gasteiger partial charge in [-0.25, -0.2) is 0 Å². The highest BCUT2D eigenvalue weighted by Crippen LogP contribution is 2.38. The Morgan fingerprint density at radius 2 is 1.65 bits per heavy atom. The van der Waals surface area contributed by atoms with Crippen molar-refractivity contribution in [2.75, 3.05) is 13.2 Å². The van der Waals surface area contributed by atoms with Crippen LogP contribution < -0.4 is 4.74 Å². The van der Waals surface area contributed by atoms with Crippen molar-refractivity contribution in [2.45, 2.75) is 20.8 Å². The van der Waals surface area contributed by atoms with Gasteiger partial charge < -0.3 is 9.84 Å². The predicted molar refractivity (Wildman–Crippen MR) is 94.0 cm³/mol. The molecule has 3 aromatic rings. The van der Waals surface area contributed by atoms with Gasteiger partial charge in [0.15, 0.2) is 0 Å². The number of aromatic nitrogens is 1. The van der Waals surface area contributed by atoms with E-state index in [1.165, 1.54) is 5.56 Å². The van der Waals surface area contributed by atoms with E-state index in [-0.39, 0.29) is 13.2 Å². The van der Waals surface area contributed by atoms with Crippen LogP contribution in [-0.4, -0.2) is 23.3 Å². The Hall–Kier alpha value is -2.39. The van der Waals surface area contributed by atoms with Gasteiger partial charge in [0, 0.05) is 17.1 Å². The number of ether oxygens (including phenoxy) is 1. The molecule has 0 radical (unpaired) electrons. The summed E-state index contributed by atoms with van der Waals surface area (Å²) in [7, 11) is 0. The number of aliphatic hydroxyl groups excluding tert-OH is 1. The fourth-order valence-electron chi connectivity index (χ4n) is 2.81. The molecule has 0 aliphatic heterocycles. The lowest BCUT2D eigenvalue weighted by Crippen LogP contribution is -2.05. The Kier molecular flexibility index (Phi) is 4.30. The van der Waals surface area contributed by atoms with Crippen LogP contribution in [0.1, 0.15) is 16.7 Å². The lowest BCUT2D eigenvalue weighted by molar-refractivity contribution is 0.203. The lowest BCUT2D eigenvalue weighted by Gasteiger charge is -2.16. The summed E-state index contributed by atoms with van der Waals surface area (Å²) < 4.78 is 5.93. The zero-order valence-corrected chi connectivity index (χ0v) is 13.8. The SMILES string of the molecule is Cc1ccc(-c2cnc3c(C)ccc(C)c3c2OCCO)cc1. The molecule has 0 unspecified atom stereocenters. The summed E-state index contributed by atoms with van der Waals surface area (Å²) >= 11 is 0. The molecule has 2 aromatic carbocycles. The Balaban J connectivity index is 2.29. The van der Waals surface area contributed by atoms with E-state index in [4.69, 9.17) is 4.74 Å². The van der Waals surface area contributed by atoms with Crippen molar-refractivity contribution in [1.29, 1.82) is 0 Å². The highest BCUT2D eigenvalue weighted by molar-refractivity contribution is 5.96. The molecule has 0 fully saturated rings. The van der Waals surface area contributed by atoms with E-state index in [0.29, 0.717) is 0 Å². The van der Waals surface area contributed by atoms with Crippen molar-refractivity contribution < 1.29 is 9.84 Å². The third kappa shape index (κ3) is 2.92. The molecule has 23 heavy (non-hydrogen) atoms. The van der Waals surface area contributed by atoms with Crippen molar-refractivity contribution in [2.24, 2.45) is 0 Å². The molecule has 0 saturated carbocycles. The fraction of sp³-hybridized carbons (Fsp3) is 0.250.